The van der Waals surface area contributed by atoms with Crippen LogP contribution >= 0.6 is 0 Å². The maximum atomic E-state index is 13.3. The number of carbonyl (C=O) groups excluding carboxylic acids is 1. The number of rotatable bonds is 4. The Labute approximate surface area is 211 Å². The highest BCUT2D eigenvalue weighted by molar-refractivity contribution is 5.77. The molecule has 0 unspecified atom stereocenters. The lowest BCUT2D eigenvalue weighted by atomic mass is 9.99. The fourth-order valence-electron chi connectivity index (χ4n) is 4.63. The Kier molecular flexibility index (Phi) is 7.57. The van der Waals surface area contributed by atoms with E-state index in [-0.39, 0.29) is 5.91 Å². The number of amides is 1. The molecule has 36 heavy (non-hydrogen) atoms. The molecule has 0 N–H and O–H groups in total. The summed E-state index contributed by atoms with van der Waals surface area (Å²) >= 11 is 0. The third kappa shape index (κ3) is 5.74. The smallest absolute Gasteiger partial charge is 0.224 e. The van der Waals surface area contributed by atoms with Crippen molar-refractivity contribution in [2.75, 3.05) is 26.4 Å². The number of nitrogens with zero attached hydrogens (tertiary/aromatic N) is 4. The van der Waals surface area contributed by atoms with Crippen molar-refractivity contribution in [1.29, 1.82) is 0 Å². The summed E-state index contributed by atoms with van der Waals surface area (Å²) in [6.07, 6.45) is 2.12. The first-order valence-corrected chi connectivity index (χ1v) is 12.7. The highest BCUT2D eigenvalue weighted by Gasteiger charge is 2.16. The van der Waals surface area contributed by atoms with Gasteiger partial charge in [0.15, 0.2) is 0 Å². The van der Waals surface area contributed by atoms with E-state index in [4.69, 9.17) is 9.47 Å². The molecule has 2 bridgehead atoms. The number of hydrogen-bond acceptors (Lipinski definition) is 5. The van der Waals surface area contributed by atoms with E-state index in [0.717, 1.165) is 35.2 Å². The molecular weight excluding hydrogens is 452 g/mol. The Morgan fingerprint density at radius 3 is 2.78 bits per heavy atom. The number of fused-ring (bicyclic) bond motifs is 4. The first-order chi connectivity index (χ1) is 17.7. The van der Waals surface area contributed by atoms with Gasteiger partial charge in [0.1, 0.15) is 17.9 Å². The fourth-order valence-corrected chi connectivity index (χ4v) is 4.63. The predicted molar refractivity (Wildman–Crippen MR) is 139 cm³/mol. The van der Waals surface area contributed by atoms with Crippen LogP contribution in [0.5, 0.6) is 5.75 Å². The lowest BCUT2D eigenvalue weighted by molar-refractivity contribution is -0.133. The van der Waals surface area contributed by atoms with Crippen molar-refractivity contribution in [3.8, 4) is 5.75 Å². The molecule has 1 amide bonds. The molecule has 2 heterocycles. The summed E-state index contributed by atoms with van der Waals surface area (Å²) in [5.41, 5.74) is 6.56. The minimum absolute atomic E-state index is 0.0739. The molecule has 0 saturated carbocycles. The number of hydrogen-bond donors (Lipinski definition) is 0. The van der Waals surface area contributed by atoms with Gasteiger partial charge >= 0.3 is 0 Å². The third-order valence-corrected chi connectivity index (χ3v) is 6.59. The van der Waals surface area contributed by atoms with Crippen LogP contribution in [0.2, 0.25) is 0 Å². The van der Waals surface area contributed by atoms with Crippen molar-refractivity contribution in [2.45, 2.75) is 39.3 Å². The zero-order chi connectivity index (χ0) is 24.7. The number of carbonyl (C=O) groups is 1. The summed E-state index contributed by atoms with van der Waals surface area (Å²) < 4.78 is 13.7. The molecule has 1 aliphatic heterocycles. The van der Waals surface area contributed by atoms with Crippen LogP contribution < -0.4 is 4.74 Å². The first kappa shape index (κ1) is 24.0. The second kappa shape index (κ2) is 11.4. The molecule has 0 fully saturated rings. The molecule has 4 aromatic rings. The highest BCUT2D eigenvalue weighted by Crippen LogP contribution is 2.25. The standard InChI is InChI=1S/C29H32N4O3/c1-2-22-10-11-28-25(19-22)20-23-6-5-7-24(18-23)21-32(14-15-35-16-17-36-28)29(34)12-13-33-27-9-4-3-8-26(27)30-31-33/h3-11,18-19H,2,12-17,20-21H2,1H3. The largest absolute Gasteiger partial charge is 0.491 e. The fraction of sp³-hybridized carbons (Fsp3) is 0.345. The Balaban J connectivity index is 1.33. The molecule has 7 heteroatoms. The predicted octanol–water partition coefficient (Wildman–Crippen LogP) is 4.41. The maximum absolute atomic E-state index is 13.3. The van der Waals surface area contributed by atoms with Gasteiger partial charge in [0.25, 0.3) is 0 Å². The van der Waals surface area contributed by atoms with Crippen molar-refractivity contribution in [2.24, 2.45) is 0 Å². The molecular formula is C29H32N4O3. The summed E-state index contributed by atoms with van der Waals surface area (Å²) in [4.78, 5) is 15.2. The minimum atomic E-state index is 0.0739. The van der Waals surface area contributed by atoms with Gasteiger partial charge in [-0.25, -0.2) is 4.68 Å². The SMILES string of the molecule is CCc1ccc2c(c1)Cc1cccc(c1)CN(C(=O)CCn1nnc3ccccc31)CCOCCO2. The van der Waals surface area contributed by atoms with E-state index >= 15 is 0 Å². The van der Waals surface area contributed by atoms with E-state index in [1.165, 1.54) is 16.7 Å². The molecule has 0 radical (unpaired) electrons. The van der Waals surface area contributed by atoms with E-state index in [1.54, 1.807) is 4.68 Å². The molecule has 7 nitrogen and oxygen atoms in total. The van der Waals surface area contributed by atoms with Crippen LogP contribution in [0.4, 0.5) is 0 Å². The summed E-state index contributed by atoms with van der Waals surface area (Å²) in [7, 11) is 0. The monoisotopic (exact) mass is 484 g/mol. The van der Waals surface area contributed by atoms with Crippen LogP contribution in [0, 0.1) is 0 Å². The van der Waals surface area contributed by atoms with E-state index in [2.05, 4.69) is 59.7 Å². The molecule has 1 aliphatic rings. The van der Waals surface area contributed by atoms with Gasteiger partial charge in [-0.2, -0.15) is 0 Å². The molecule has 0 spiro atoms. The Morgan fingerprint density at radius 2 is 1.86 bits per heavy atom. The van der Waals surface area contributed by atoms with Gasteiger partial charge in [-0.15, -0.1) is 5.10 Å². The lowest BCUT2D eigenvalue weighted by Gasteiger charge is -2.24. The van der Waals surface area contributed by atoms with Crippen molar-refractivity contribution in [1.82, 2.24) is 19.9 Å². The number of ether oxygens (including phenoxy) is 2. The zero-order valence-corrected chi connectivity index (χ0v) is 20.7. The van der Waals surface area contributed by atoms with Crippen molar-refractivity contribution in [3.05, 3.63) is 89.0 Å². The van der Waals surface area contributed by atoms with Gasteiger partial charge in [-0.1, -0.05) is 60.7 Å². The van der Waals surface area contributed by atoms with Gasteiger partial charge in [0.05, 0.1) is 25.3 Å². The summed E-state index contributed by atoms with van der Waals surface area (Å²) in [6, 6.07) is 22.7. The van der Waals surface area contributed by atoms with Gasteiger partial charge in [0, 0.05) is 25.9 Å². The molecule has 3 aromatic carbocycles. The Morgan fingerprint density at radius 1 is 0.972 bits per heavy atom. The summed E-state index contributed by atoms with van der Waals surface area (Å²) in [5.74, 6) is 0.987. The van der Waals surface area contributed by atoms with Gasteiger partial charge in [-0.3, -0.25) is 4.79 Å². The number of aryl methyl sites for hydroxylation is 2. The Bertz CT molecular complexity index is 1330. The second-order valence-electron chi connectivity index (χ2n) is 9.12. The normalized spacial score (nSPS) is 14.6. The average Bonchev–Trinajstić information content (AvgIpc) is 3.32. The van der Waals surface area contributed by atoms with Crippen molar-refractivity contribution < 1.29 is 14.3 Å². The van der Waals surface area contributed by atoms with Crippen LogP contribution in [0.25, 0.3) is 11.0 Å². The van der Waals surface area contributed by atoms with Gasteiger partial charge < -0.3 is 14.4 Å². The van der Waals surface area contributed by atoms with Crippen LogP contribution in [-0.4, -0.2) is 52.2 Å². The van der Waals surface area contributed by atoms with Crippen molar-refractivity contribution >= 4 is 16.9 Å². The zero-order valence-electron chi connectivity index (χ0n) is 20.7. The number of para-hydroxylation sites is 1. The average molecular weight is 485 g/mol. The molecule has 1 aromatic heterocycles. The minimum Gasteiger partial charge on any atom is -0.491 e. The van der Waals surface area contributed by atoms with Crippen LogP contribution in [-0.2, 0) is 35.5 Å². The summed E-state index contributed by atoms with van der Waals surface area (Å²) in [6.45, 7) is 5.14. The van der Waals surface area contributed by atoms with Gasteiger partial charge in [0.2, 0.25) is 5.91 Å². The number of benzene rings is 3. The van der Waals surface area contributed by atoms with Crippen molar-refractivity contribution in [3.63, 3.8) is 0 Å². The molecule has 0 saturated heterocycles. The maximum Gasteiger partial charge on any atom is 0.224 e. The molecule has 0 atom stereocenters. The highest BCUT2D eigenvalue weighted by atomic mass is 16.5. The van der Waals surface area contributed by atoms with E-state index in [1.807, 2.05) is 29.2 Å². The topological polar surface area (TPSA) is 69.5 Å². The molecule has 0 aliphatic carbocycles. The lowest BCUT2D eigenvalue weighted by Crippen LogP contribution is -2.34. The Hall–Kier alpha value is -3.71. The van der Waals surface area contributed by atoms with E-state index in [9.17, 15) is 4.79 Å². The van der Waals surface area contributed by atoms with E-state index in [0.29, 0.717) is 45.9 Å². The first-order valence-electron chi connectivity index (χ1n) is 12.7. The summed E-state index contributed by atoms with van der Waals surface area (Å²) in [5, 5.41) is 8.42. The van der Waals surface area contributed by atoms with E-state index < -0.39 is 0 Å². The number of aromatic nitrogens is 3. The van der Waals surface area contributed by atoms with Gasteiger partial charge in [-0.05, 0) is 46.9 Å². The van der Waals surface area contributed by atoms with Crippen LogP contribution in [0.1, 0.15) is 35.6 Å². The molecule has 186 valence electrons. The van der Waals surface area contributed by atoms with Crippen LogP contribution in [0.15, 0.2) is 66.7 Å². The second-order valence-corrected chi connectivity index (χ2v) is 9.12. The third-order valence-electron chi connectivity index (χ3n) is 6.59. The van der Waals surface area contributed by atoms with Crippen LogP contribution in [0.3, 0.4) is 0 Å². The quantitative estimate of drug-likeness (QED) is 0.429. The molecule has 5 rings (SSSR count).